The highest BCUT2D eigenvalue weighted by molar-refractivity contribution is 5.97. The van der Waals surface area contributed by atoms with Gasteiger partial charge in [0.2, 0.25) is 0 Å². The monoisotopic (exact) mass is 275 g/mol. The van der Waals surface area contributed by atoms with E-state index in [4.69, 9.17) is 5.11 Å². The zero-order valence-electron chi connectivity index (χ0n) is 12.2. The summed E-state index contributed by atoms with van der Waals surface area (Å²) < 4.78 is 0. The second-order valence-electron chi connectivity index (χ2n) is 5.57. The molecule has 0 unspecified atom stereocenters. The summed E-state index contributed by atoms with van der Waals surface area (Å²) in [4.78, 5) is 12.1. The Hall–Kier alpha value is -1.19. The van der Waals surface area contributed by atoms with Crippen molar-refractivity contribution in [3.63, 3.8) is 0 Å². The molecular weight excluding hydrogens is 250 g/mol. The second-order valence-corrected chi connectivity index (χ2v) is 5.57. The molecular formula is C17H25NO2. The van der Waals surface area contributed by atoms with Crippen LogP contribution in [0.1, 0.15) is 53.6 Å². The predicted molar refractivity (Wildman–Crippen MR) is 81.2 cm³/mol. The Morgan fingerprint density at radius 1 is 1.10 bits per heavy atom. The maximum Gasteiger partial charge on any atom is 0.176 e. The van der Waals surface area contributed by atoms with Gasteiger partial charge in [0.1, 0.15) is 0 Å². The molecule has 1 aliphatic carbocycles. The molecule has 1 aliphatic rings. The summed E-state index contributed by atoms with van der Waals surface area (Å²) in [5.74, 6) is 0.181. The van der Waals surface area contributed by atoms with E-state index in [-0.39, 0.29) is 12.4 Å². The highest BCUT2D eigenvalue weighted by Crippen LogP contribution is 2.22. The lowest BCUT2D eigenvalue weighted by Crippen LogP contribution is -2.24. The lowest BCUT2D eigenvalue weighted by molar-refractivity contribution is 0.0991. The summed E-state index contributed by atoms with van der Waals surface area (Å²) in [6.07, 6.45) is 7.66. The number of aliphatic hydroxyl groups is 1. The average molecular weight is 275 g/mol. The standard InChI is InChI=1S/C17H25NO2/c19-11-5-1-4-10-18-13-17(20)16-9-8-14-6-2-3-7-15(14)12-16/h8-9,12,18-19H,1-7,10-11,13H2. The number of ketones is 1. The summed E-state index contributed by atoms with van der Waals surface area (Å²) in [5, 5.41) is 11.9. The SMILES string of the molecule is O=C(CNCCCCCO)c1ccc2c(c1)CCCC2. The molecule has 1 aromatic rings. The van der Waals surface area contributed by atoms with Crippen molar-refractivity contribution in [3.05, 3.63) is 34.9 Å². The summed E-state index contributed by atoms with van der Waals surface area (Å²) in [6, 6.07) is 6.19. The number of hydrogen-bond acceptors (Lipinski definition) is 3. The van der Waals surface area contributed by atoms with Crippen LogP contribution < -0.4 is 5.32 Å². The highest BCUT2D eigenvalue weighted by Gasteiger charge is 2.12. The fourth-order valence-electron chi connectivity index (χ4n) is 2.75. The zero-order chi connectivity index (χ0) is 14.2. The number of benzene rings is 1. The van der Waals surface area contributed by atoms with Crippen LogP contribution in [0.25, 0.3) is 0 Å². The predicted octanol–water partition coefficient (Wildman–Crippen LogP) is 2.50. The molecule has 3 heteroatoms. The van der Waals surface area contributed by atoms with E-state index in [2.05, 4.69) is 17.4 Å². The molecule has 0 saturated heterocycles. The fourth-order valence-corrected chi connectivity index (χ4v) is 2.75. The van der Waals surface area contributed by atoms with E-state index in [9.17, 15) is 4.79 Å². The zero-order valence-corrected chi connectivity index (χ0v) is 12.2. The molecule has 0 aliphatic heterocycles. The Bertz CT molecular complexity index is 443. The van der Waals surface area contributed by atoms with Crippen LogP contribution >= 0.6 is 0 Å². The maximum absolute atomic E-state index is 12.1. The first kappa shape index (κ1) is 15.2. The van der Waals surface area contributed by atoms with Crippen LogP contribution in [-0.2, 0) is 12.8 Å². The van der Waals surface area contributed by atoms with Gasteiger partial charge in [-0.3, -0.25) is 4.79 Å². The van der Waals surface area contributed by atoms with E-state index < -0.39 is 0 Å². The van der Waals surface area contributed by atoms with Crippen molar-refractivity contribution < 1.29 is 9.90 Å². The largest absolute Gasteiger partial charge is 0.396 e. The molecule has 20 heavy (non-hydrogen) atoms. The van der Waals surface area contributed by atoms with E-state index in [1.807, 2.05) is 6.07 Å². The molecule has 0 saturated carbocycles. The van der Waals surface area contributed by atoms with Crippen LogP contribution in [0.3, 0.4) is 0 Å². The van der Waals surface area contributed by atoms with Gasteiger partial charge in [-0.1, -0.05) is 12.1 Å². The summed E-state index contributed by atoms with van der Waals surface area (Å²) >= 11 is 0. The number of fused-ring (bicyclic) bond motifs is 1. The first-order valence-corrected chi connectivity index (χ1v) is 7.78. The number of aliphatic hydroxyl groups excluding tert-OH is 1. The van der Waals surface area contributed by atoms with Gasteiger partial charge in [-0.2, -0.15) is 0 Å². The third-order valence-corrected chi connectivity index (χ3v) is 3.97. The van der Waals surface area contributed by atoms with Crippen molar-refractivity contribution >= 4 is 5.78 Å². The fraction of sp³-hybridized carbons (Fsp3) is 0.588. The van der Waals surface area contributed by atoms with E-state index >= 15 is 0 Å². The van der Waals surface area contributed by atoms with Gasteiger partial charge < -0.3 is 10.4 Å². The molecule has 0 spiro atoms. The molecule has 0 bridgehead atoms. The first-order valence-electron chi connectivity index (χ1n) is 7.78. The van der Waals surface area contributed by atoms with E-state index in [0.29, 0.717) is 6.54 Å². The molecule has 2 N–H and O–H groups in total. The third kappa shape index (κ3) is 4.43. The van der Waals surface area contributed by atoms with Crippen LogP contribution in [0.2, 0.25) is 0 Å². The normalized spacial score (nSPS) is 14.1. The lowest BCUT2D eigenvalue weighted by Gasteiger charge is -2.16. The Kier molecular flexibility index (Phi) is 6.22. The Morgan fingerprint density at radius 3 is 2.70 bits per heavy atom. The number of rotatable bonds is 8. The molecule has 0 amide bonds. The van der Waals surface area contributed by atoms with Crippen molar-refractivity contribution in [2.45, 2.75) is 44.9 Å². The summed E-state index contributed by atoms with van der Waals surface area (Å²) in [5.41, 5.74) is 3.63. The molecule has 0 atom stereocenters. The van der Waals surface area contributed by atoms with E-state index in [1.54, 1.807) is 0 Å². The van der Waals surface area contributed by atoms with Crippen molar-refractivity contribution in [1.82, 2.24) is 5.32 Å². The van der Waals surface area contributed by atoms with Gasteiger partial charge in [0, 0.05) is 12.2 Å². The number of nitrogens with one attached hydrogen (secondary N) is 1. The topological polar surface area (TPSA) is 49.3 Å². The van der Waals surface area contributed by atoms with Gasteiger partial charge in [0.25, 0.3) is 0 Å². The minimum atomic E-state index is 0.181. The number of unbranched alkanes of at least 4 members (excludes halogenated alkanes) is 2. The van der Waals surface area contributed by atoms with Crippen LogP contribution in [0.4, 0.5) is 0 Å². The van der Waals surface area contributed by atoms with Crippen molar-refractivity contribution in [3.8, 4) is 0 Å². The third-order valence-electron chi connectivity index (χ3n) is 3.97. The summed E-state index contributed by atoms with van der Waals surface area (Å²) in [6.45, 7) is 1.52. The van der Waals surface area contributed by atoms with Gasteiger partial charge in [-0.05, 0) is 68.7 Å². The minimum absolute atomic E-state index is 0.181. The first-order chi connectivity index (χ1) is 9.81. The molecule has 0 aromatic heterocycles. The lowest BCUT2D eigenvalue weighted by atomic mass is 9.90. The van der Waals surface area contributed by atoms with Crippen molar-refractivity contribution in [2.75, 3.05) is 19.7 Å². The highest BCUT2D eigenvalue weighted by atomic mass is 16.2. The van der Waals surface area contributed by atoms with Crippen molar-refractivity contribution in [2.24, 2.45) is 0 Å². The molecule has 2 rings (SSSR count). The number of Topliss-reactive ketones (excluding diaryl/α,β-unsaturated/α-hetero) is 1. The smallest absolute Gasteiger partial charge is 0.176 e. The van der Waals surface area contributed by atoms with Gasteiger partial charge in [-0.15, -0.1) is 0 Å². The van der Waals surface area contributed by atoms with Crippen LogP contribution in [0.15, 0.2) is 18.2 Å². The molecule has 110 valence electrons. The van der Waals surface area contributed by atoms with E-state index in [1.165, 1.54) is 24.0 Å². The molecule has 0 heterocycles. The Labute approximate surface area is 121 Å². The molecule has 0 fully saturated rings. The maximum atomic E-state index is 12.1. The Balaban J connectivity index is 1.77. The van der Waals surface area contributed by atoms with Crippen LogP contribution in [-0.4, -0.2) is 30.6 Å². The summed E-state index contributed by atoms with van der Waals surface area (Å²) in [7, 11) is 0. The number of carbonyl (C=O) groups is 1. The quantitative estimate of drug-likeness (QED) is 0.566. The van der Waals surface area contributed by atoms with Crippen molar-refractivity contribution in [1.29, 1.82) is 0 Å². The van der Waals surface area contributed by atoms with E-state index in [0.717, 1.165) is 44.2 Å². The van der Waals surface area contributed by atoms with Crippen LogP contribution in [0.5, 0.6) is 0 Å². The average Bonchev–Trinajstić information content (AvgIpc) is 2.50. The van der Waals surface area contributed by atoms with Gasteiger partial charge in [0.15, 0.2) is 5.78 Å². The number of carbonyl (C=O) groups excluding carboxylic acids is 1. The molecule has 3 nitrogen and oxygen atoms in total. The minimum Gasteiger partial charge on any atom is -0.396 e. The van der Waals surface area contributed by atoms with Crippen LogP contribution in [0, 0.1) is 0 Å². The molecule has 0 radical (unpaired) electrons. The second kappa shape index (κ2) is 8.18. The number of aryl methyl sites for hydroxylation is 2. The van der Waals surface area contributed by atoms with Gasteiger partial charge in [0.05, 0.1) is 6.54 Å². The van der Waals surface area contributed by atoms with Gasteiger partial charge >= 0.3 is 0 Å². The Morgan fingerprint density at radius 2 is 1.90 bits per heavy atom. The molecule has 1 aromatic carbocycles. The van der Waals surface area contributed by atoms with Gasteiger partial charge in [-0.25, -0.2) is 0 Å². The number of hydrogen-bond donors (Lipinski definition) is 2.